The number of hydrogen-bond donors (Lipinski definition) is 1. The summed E-state index contributed by atoms with van der Waals surface area (Å²) >= 11 is 0. The van der Waals surface area contributed by atoms with Gasteiger partial charge in [-0.3, -0.25) is 0 Å². The van der Waals surface area contributed by atoms with Gasteiger partial charge in [0, 0.05) is 18.3 Å². The molecule has 1 heterocycles. The third kappa shape index (κ3) is 2.48. The summed E-state index contributed by atoms with van der Waals surface area (Å²) in [5, 5.41) is 3.53. The lowest BCUT2D eigenvalue weighted by Gasteiger charge is -2.28. The van der Waals surface area contributed by atoms with Crippen LogP contribution in [0.5, 0.6) is 0 Å². The molecule has 1 fully saturated rings. The van der Waals surface area contributed by atoms with Crippen molar-refractivity contribution >= 4 is 5.69 Å². The van der Waals surface area contributed by atoms with Crippen molar-refractivity contribution in [1.29, 1.82) is 0 Å². The van der Waals surface area contributed by atoms with Crippen LogP contribution in [0.15, 0.2) is 30.3 Å². The molecule has 1 N–H and O–H groups in total. The molecule has 0 radical (unpaired) electrons. The van der Waals surface area contributed by atoms with E-state index >= 15 is 0 Å². The number of ether oxygens (including phenoxy) is 1. The molecule has 0 saturated carbocycles. The van der Waals surface area contributed by atoms with Gasteiger partial charge < -0.3 is 10.1 Å². The lowest BCUT2D eigenvalue weighted by atomic mass is 10.0. The number of benzene rings is 1. The Morgan fingerprint density at radius 2 is 2.07 bits per heavy atom. The number of rotatable bonds is 2. The summed E-state index contributed by atoms with van der Waals surface area (Å²) in [4.78, 5) is 0. The Balaban J connectivity index is 1.91. The molecule has 0 amide bonds. The van der Waals surface area contributed by atoms with Gasteiger partial charge in [-0.2, -0.15) is 0 Å². The van der Waals surface area contributed by atoms with E-state index < -0.39 is 0 Å². The minimum Gasteiger partial charge on any atom is -0.382 e. The molecule has 1 aromatic carbocycles. The smallest absolute Gasteiger partial charge is 0.0566 e. The normalized spacial score (nSPS) is 27.2. The van der Waals surface area contributed by atoms with Crippen LogP contribution in [0.4, 0.5) is 5.69 Å². The second-order valence-corrected chi connectivity index (χ2v) is 3.91. The fraction of sp³-hybridized carbons (Fsp3) is 0.500. The van der Waals surface area contributed by atoms with E-state index in [1.807, 2.05) is 6.07 Å². The molecule has 14 heavy (non-hydrogen) atoms. The molecule has 0 aliphatic carbocycles. The molecular weight excluding hydrogens is 174 g/mol. The average Bonchev–Trinajstić information content (AvgIpc) is 2.19. The Labute approximate surface area is 85.3 Å². The first-order chi connectivity index (χ1) is 6.84. The molecule has 2 heteroatoms. The van der Waals surface area contributed by atoms with Gasteiger partial charge in [-0.05, 0) is 31.9 Å². The fourth-order valence-electron chi connectivity index (χ4n) is 1.90. The number of para-hydroxylation sites is 1. The van der Waals surface area contributed by atoms with Crippen LogP contribution in [0.1, 0.15) is 19.8 Å². The summed E-state index contributed by atoms with van der Waals surface area (Å²) in [6.45, 7) is 3.02. The van der Waals surface area contributed by atoms with Crippen molar-refractivity contribution in [3.05, 3.63) is 30.3 Å². The van der Waals surface area contributed by atoms with Crippen molar-refractivity contribution in [2.45, 2.75) is 31.9 Å². The van der Waals surface area contributed by atoms with Crippen LogP contribution in [0.25, 0.3) is 0 Å². The minimum atomic E-state index is 0.393. The Morgan fingerprint density at radius 1 is 1.29 bits per heavy atom. The van der Waals surface area contributed by atoms with Gasteiger partial charge in [0.2, 0.25) is 0 Å². The van der Waals surface area contributed by atoms with Gasteiger partial charge in [-0.15, -0.1) is 0 Å². The van der Waals surface area contributed by atoms with E-state index in [1.165, 1.54) is 5.69 Å². The fourth-order valence-corrected chi connectivity index (χ4v) is 1.90. The second-order valence-electron chi connectivity index (χ2n) is 3.91. The summed E-state index contributed by atoms with van der Waals surface area (Å²) in [6.07, 6.45) is 2.61. The monoisotopic (exact) mass is 191 g/mol. The Bertz CT molecular complexity index is 273. The van der Waals surface area contributed by atoms with Crippen molar-refractivity contribution < 1.29 is 4.74 Å². The number of nitrogens with one attached hydrogen (secondary N) is 1. The van der Waals surface area contributed by atoms with E-state index in [0.717, 1.165) is 19.4 Å². The number of anilines is 1. The van der Waals surface area contributed by atoms with Crippen LogP contribution < -0.4 is 5.32 Å². The molecule has 2 nitrogen and oxygen atoms in total. The maximum Gasteiger partial charge on any atom is 0.0566 e. The quantitative estimate of drug-likeness (QED) is 0.776. The topological polar surface area (TPSA) is 21.3 Å². The van der Waals surface area contributed by atoms with E-state index in [9.17, 15) is 0 Å². The second kappa shape index (κ2) is 4.47. The maximum atomic E-state index is 5.51. The van der Waals surface area contributed by atoms with Crippen molar-refractivity contribution in [1.82, 2.24) is 0 Å². The zero-order valence-corrected chi connectivity index (χ0v) is 8.57. The van der Waals surface area contributed by atoms with Crippen LogP contribution in [-0.4, -0.2) is 18.8 Å². The van der Waals surface area contributed by atoms with Gasteiger partial charge in [0.15, 0.2) is 0 Å². The molecule has 76 valence electrons. The zero-order valence-electron chi connectivity index (χ0n) is 8.57. The highest BCUT2D eigenvalue weighted by molar-refractivity contribution is 5.43. The number of hydrogen-bond acceptors (Lipinski definition) is 2. The van der Waals surface area contributed by atoms with Gasteiger partial charge in [0.1, 0.15) is 0 Å². The molecule has 2 unspecified atom stereocenters. The highest BCUT2D eigenvalue weighted by Gasteiger charge is 2.18. The van der Waals surface area contributed by atoms with Crippen molar-refractivity contribution in [2.75, 3.05) is 11.9 Å². The Kier molecular flexibility index (Phi) is 3.04. The van der Waals surface area contributed by atoms with Gasteiger partial charge in [0.25, 0.3) is 0 Å². The van der Waals surface area contributed by atoms with Gasteiger partial charge in [0.05, 0.1) is 6.10 Å². The summed E-state index contributed by atoms with van der Waals surface area (Å²) in [6, 6.07) is 11.0. The first kappa shape index (κ1) is 9.53. The third-order valence-corrected chi connectivity index (χ3v) is 2.63. The predicted molar refractivity (Wildman–Crippen MR) is 58.5 cm³/mol. The molecule has 0 aromatic heterocycles. The molecule has 1 saturated heterocycles. The van der Waals surface area contributed by atoms with Crippen LogP contribution in [-0.2, 0) is 4.74 Å². The van der Waals surface area contributed by atoms with Gasteiger partial charge in [-0.25, -0.2) is 0 Å². The summed E-state index contributed by atoms with van der Waals surface area (Å²) in [7, 11) is 0. The van der Waals surface area contributed by atoms with E-state index in [-0.39, 0.29) is 0 Å². The van der Waals surface area contributed by atoms with E-state index in [2.05, 4.69) is 36.5 Å². The van der Waals surface area contributed by atoms with Gasteiger partial charge >= 0.3 is 0 Å². The molecular formula is C12H17NO. The summed E-state index contributed by atoms with van der Waals surface area (Å²) in [5.74, 6) is 0. The SMILES string of the molecule is CC1CC(Nc2ccccc2)CCO1. The lowest BCUT2D eigenvalue weighted by Crippen LogP contribution is -2.32. The largest absolute Gasteiger partial charge is 0.382 e. The zero-order chi connectivity index (χ0) is 9.80. The van der Waals surface area contributed by atoms with Crippen LogP contribution in [0, 0.1) is 0 Å². The molecule has 0 bridgehead atoms. The molecule has 1 aliphatic rings. The van der Waals surface area contributed by atoms with Crippen LogP contribution in [0.2, 0.25) is 0 Å². The molecule has 1 aromatic rings. The van der Waals surface area contributed by atoms with Crippen molar-refractivity contribution in [3.63, 3.8) is 0 Å². The van der Waals surface area contributed by atoms with E-state index in [4.69, 9.17) is 4.74 Å². The van der Waals surface area contributed by atoms with Crippen molar-refractivity contribution in [2.24, 2.45) is 0 Å². The van der Waals surface area contributed by atoms with E-state index in [0.29, 0.717) is 12.1 Å². The highest BCUT2D eigenvalue weighted by Crippen LogP contribution is 2.18. The van der Waals surface area contributed by atoms with Crippen molar-refractivity contribution in [3.8, 4) is 0 Å². The molecule has 0 spiro atoms. The predicted octanol–water partition coefficient (Wildman–Crippen LogP) is 2.67. The third-order valence-electron chi connectivity index (χ3n) is 2.63. The standard InChI is InChI=1S/C12H17NO/c1-10-9-12(7-8-14-10)13-11-5-3-2-4-6-11/h2-6,10,12-13H,7-9H2,1H3. The first-order valence-electron chi connectivity index (χ1n) is 5.28. The first-order valence-corrected chi connectivity index (χ1v) is 5.28. The average molecular weight is 191 g/mol. The van der Waals surface area contributed by atoms with Gasteiger partial charge in [-0.1, -0.05) is 18.2 Å². The Morgan fingerprint density at radius 3 is 2.79 bits per heavy atom. The minimum absolute atomic E-state index is 0.393. The summed E-state index contributed by atoms with van der Waals surface area (Å²) < 4.78 is 5.51. The van der Waals surface area contributed by atoms with Crippen LogP contribution in [0.3, 0.4) is 0 Å². The molecule has 1 aliphatic heterocycles. The molecule has 2 rings (SSSR count). The van der Waals surface area contributed by atoms with Crippen LogP contribution >= 0.6 is 0 Å². The maximum absolute atomic E-state index is 5.51. The highest BCUT2D eigenvalue weighted by atomic mass is 16.5. The lowest BCUT2D eigenvalue weighted by molar-refractivity contribution is 0.0232. The van der Waals surface area contributed by atoms with E-state index in [1.54, 1.807) is 0 Å². The molecule has 2 atom stereocenters. The Hall–Kier alpha value is -1.02. The summed E-state index contributed by atoms with van der Waals surface area (Å²) in [5.41, 5.74) is 1.21.